The lowest BCUT2D eigenvalue weighted by Gasteiger charge is -2.25. The van der Waals surface area contributed by atoms with E-state index in [0.717, 1.165) is 69.5 Å². The van der Waals surface area contributed by atoms with Gasteiger partial charge in [0, 0.05) is 11.0 Å². The van der Waals surface area contributed by atoms with Crippen LogP contribution in [0, 0.1) is 10.1 Å². The molecule has 1 fully saturated rings. The Labute approximate surface area is 409 Å². The second-order valence-corrected chi connectivity index (χ2v) is 18.4. The van der Waals surface area contributed by atoms with E-state index in [-0.39, 0.29) is 46.5 Å². The predicted octanol–water partition coefficient (Wildman–Crippen LogP) is 10.2. The first-order chi connectivity index (χ1) is 33.4. The normalized spacial score (nSPS) is 15.3. The zero-order chi connectivity index (χ0) is 49.3. The van der Waals surface area contributed by atoms with Gasteiger partial charge in [0.1, 0.15) is 18.1 Å². The molecule has 15 nitrogen and oxygen atoms in total. The van der Waals surface area contributed by atoms with Crippen molar-refractivity contribution in [2.24, 2.45) is 0 Å². The van der Waals surface area contributed by atoms with Crippen LogP contribution in [0.25, 0.3) is 0 Å². The molecule has 0 saturated carbocycles. The Balaban J connectivity index is 0.000000249. The summed E-state index contributed by atoms with van der Waals surface area (Å²) in [6.45, 7) is 3.94. The standard InChI is InChI=1S/C31H32N2O8S.C21H23NO4S/c1-3-40-30(35)23-14-17-27(26(19-23)33(37)38)42-28(11-7-10-21-12-15-25(39-2)16-13-21)29(34)32-24(20-41-31(32)36)18-22-8-5-4-6-9-22;1-3-26-21(24)15-9-12-18-17(13-15)22-20(23)19(27-18)6-4-5-14-7-10-16(25-2)11-8-14/h4-6,8-9,12-17,19,24,28H,3,7,10-11,18,20H2,1-2H3;7-13,19H,3-6H2,1-2H3,(H,22,23)/t24-,28+;19-/m10/s1. The number of nitro benzene ring substituents is 1. The maximum absolute atomic E-state index is 14.0. The first kappa shape index (κ1) is 51.5. The third kappa shape index (κ3) is 14.3. The van der Waals surface area contributed by atoms with Crippen LogP contribution in [-0.4, -0.2) is 90.3 Å². The van der Waals surface area contributed by atoms with Gasteiger partial charge >= 0.3 is 18.0 Å². The van der Waals surface area contributed by atoms with Crippen LogP contribution in [0.15, 0.2) is 125 Å². The van der Waals surface area contributed by atoms with Crippen LogP contribution in [0.2, 0.25) is 0 Å². The number of carbonyl (C=O) groups excluding carboxylic acids is 5. The van der Waals surface area contributed by atoms with Gasteiger partial charge < -0.3 is 29.0 Å². The van der Waals surface area contributed by atoms with Crippen molar-refractivity contribution < 1.29 is 52.6 Å². The molecule has 2 aliphatic rings. The molecule has 1 saturated heterocycles. The molecular weight excluding hydrogens is 923 g/mol. The number of cyclic esters (lactones) is 1. The van der Waals surface area contributed by atoms with E-state index in [1.54, 1.807) is 52.0 Å². The molecule has 69 heavy (non-hydrogen) atoms. The number of benzene rings is 5. The SMILES string of the molecule is CCOC(=O)c1ccc(S[C@@H](CCCc2ccc(OC)cc2)C(=O)N2C(=O)OC[C@H]2Cc2ccccc2)c([N+](=O)[O-])c1.CCOC(=O)c1ccc2c(c1)NC(=O)[C@H](CCCc1ccc(OC)cc1)S2. The number of anilines is 1. The molecule has 0 aromatic heterocycles. The van der Waals surface area contributed by atoms with Gasteiger partial charge in [-0.05, 0) is 130 Å². The molecule has 3 amide bonds. The predicted molar refractivity (Wildman–Crippen MR) is 263 cm³/mol. The third-order valence-electron chi connectivity index (χ3n) is 11.2. The van der Waals surface area contributed by atoms with Gasteiger partial charge in [0.25, 0.3) is 5.69 Å². The molecule has 2 heterocycles. The molecule has 0 unspecified atom stereocenters. The van der Waals surface area contributed by atoms with Crippen LogP contribution in [0.3, 0.4) is 0 Å². The Morgan fingerprint density at radius 1 is 0.797 bits per heavy atom. The summed E-state index contributed by atoms with van der Waals surface area (Å²) in [6.07, 6.45) is 3.91. The molecule has 17 heteroatoms. The first-order valence-corrected chi connectivity index (χ1v) is 24.4. The summed E-state index contributed by atoms with van der Waals surface area (Å²) in [7, 11) is 3.25. The number of nitrogens with one attached hydrogen (secondary N) is 1. The van der Waals surface area contributed by atoms with Gasteiger partial charge in [-0.3, -0.25) is 19.7 Å². The second kappa shape index (κ2) is 25.5. The maximum Gasteiger partial charge on any atom is 0.417 e. The Morgan fingerprint density at radius 3 is 1.99 bits per heavy atom. The highest BCUT2D eigenvalue weighted by Crippen LogP contribution is 2.39. The van der Waals surface area contributed by atoms with Gasteiger partial charge in [0.05, 0.1) is 70.6 Å². The van der Waals surface area contributed by atoms with Crippen molar-refractivity contribution in [3.8, 4) is 11.5 Å². The molecule has 0 radical (unpaired) electrons. The molecule has 0 spiro atoms. The summed E-state index contributed by atoms with van der Waals surface area (Å²) in [6, 6.07) is 33.9. The van der Waals surface area contributed by atoms with Gasteiger partial charge in [0.15, 0.2) is 0 Å². The van der Waals surface area contributed by atoms with E-state index in [4.69, 9.17) is 23.7 Å². The highest BCUT2D eigenvalue weighted by molar-refractivity contribution is 8.01. The number of hydrogen-bond acceptors (Lipinski definition) is 14. The van der Waals surface area contributed by atoms with E-state index in [0.29, 0.717) is 43.5 Å². The van der Waals surface area contributed by atoms with E-state index in [1.807, 2.05) is 72.8 Å². The van der Waals surface area contributed by atoms with Gasteiger partial charge in [-0.25, -0.2) is 19.3 Å². The fraction of sp³-hybridized carbons (Fsp3) is 0.327. The minimum absolute atomic E-state index is 0.0109. The molecule has 3 atom stereocenters. The minimum Gasteiger partial charge on any atom is -0.497 e. The fourth-order valence-corrected chi connectivity index (χ4v) is 10.0. The first-order valence-electron chi connectivity index (χ1n) is 22.6. The number of thioether (sulfide) groups is 2. The van der Waals surface area contributed by atoms with Crippen molar-refractivity contribution in [2.75, 3.05) is 39.4 Å². The van der Waals surface area contributed by atoms with Crippen molar-refractivity contribution in [3.05, 3.63) is 153 Å². The number of ether oxygens (including phenoxy) is 5. The van der Waals surface area contributed by atoms with Crippen LogP contribution in [0.4, 0.5) is 16.2 Å². The topological polar surface area (TPSA) is 190 Å². The highest BCUT2D eigenvalue weighted by atomic mass is 32.2. The number of hydrogen-bond donors (Lipinski definition) is 1. The van der Waals surface area contributed by atoms with E-state index in [1.165, 1.54) is 17.7 Å². The Morgan fingerprint density at radius 2 is 1.39 bits per heavy atom. The van der Waals surface area contributed by atoms with Gasteiger partial charge in [-0.1, -0.05) is 54.6 Å². The number of nitro groups is 1. The summed E-state index contributed by atoms with van der Waals surface area (Å²) in [5.74, 6) is 0.0527. The number of nitrogens with zero attached hydrogens (tertiary/aromatic N) is 2. The lowest BCUT2D eigenvalue weighted by molar-refractivity contribution is -0.387. The second-order valence-electron chi connectivity index (χ2n) is 15.9. The fourth-order valence-electron chi connectivity index (χ4n) is 7.66. The average molecular weight is 978 g/mol. The van der Waals surface area contributed by atoms with Crippen LogP contribution in [0.5, 0.6) is 11.5 Å². The Kier molecular flexibility index (Phi) is 19.0. The van der Waals surface area contributed by atoms with Crippen LogP contribution >= 0.6 is 23.5 Å². The third-order valence-corrected chi connectivity index (χ3v) is 13.9. The minimum atomic E-state index is -0.820. The van der Waals surface area contributed by atoms with E-state index in [2.05, 4.69) is 17.4 Å². The molecule has 5 aromatic carbocycles. The van der Waals surface area contributed by atoms with Crippen LogP contribution in [-0.2, 0) is 43.1 Å². The van der Waals surface area contributed by atoms with E-state index < -0.39 is 34.2 Å². The molecule has 0 aliphatic carbocycles. The number of methoxy groups -OCH3 is 2. The number of fused-ring (bicyclic) bond motifs is 1. The number of rotatable bonds is 20. The molecule has 0 bridgehead atoms. The number of carbonyl (C=O) groups is 5. The summed E-state index contributed by atoms with van der Waals surface area (Å²) in [5.41, 5.74) is 4.09. The zero-order valence-electron chi connectivity index (χ0n) is 38.9. The van der Waals surface area contributed by atoms with E-state index in [9.17, 15) is 34.1 Å². The molecule has 2 aliphatic heterocycles. The maximum atomic E-state index is 14.0. The molecule has 1 N–H and O–H groups in total. The summed E-state index contributed by atoms with van der Waals surface area (Å²) in [5, 5.41) is 14.0. The van der Waals surface area contributed by atoms with Crippen molar-refractivity contribution in [3.63, 3.8) is 0 Å². The molecule has 362 valence electrons. The zero-order valence-corrected chi connectivity index (χ0v) is 40.5. The highest BCUT2D eigenvalue weighted by Gasteiger charge is 2.41. The monoisotopic (exact) mass is 977 g/mol. The van der Waals surface area contributed by atoms with Crippen LogP contribution < -0.4 is 14.8 Å². The Hall–Kier alpha value is -6.85. The smallest absolute Gasteiger partial charge is 0.417 e. The summed E-state index contributed by atoms with van der Waals surface area (Å²) >= 11 is 2.57. The molecular formula is C52H55N3O12S2. The lowest BCUT2D eigenvalue weighted by Crippen LogP contribution is -2.44. The summed E-state index contributed by atoms with van der Waals surface area (Å²) in [4.78, 5) is 77.0. The number of amides is 3. The van der Waals surface area contributed by atoms with Crippen molar-refractivity contribution in [1.82, 2.24) is 4.90 Å². The summed E-state index contributed by atoms with van der Waals surface area (Å²) < 4.78 is 25.7. The van der Waals surface area contributed by atoms with Crippen molar-refractivity contribution in [1.29, 1.82) is 0 Å². The average Bonchev–Trinajstić information content (AvgIpc) is 3.73. The molecule has 7 rings (SSSR count). The lowest BCUT2D eigenvalue weighted by atomic mass is 10.0. The van der Waals surface area contributed by atoms with Gasteiger partial charge in [-0.2, -0.15) is 0 Å². The Bertz CT molecular complexity index is 2580. The van der Waals surface area contributed by atoms with Gasteiger partial charge in [-0.15, -0.1) is 23.5 Å². The van der Waals surface area contributed by atoms with Crippen molar-refractivity contribution in [2.45, 2.75) is 85.1 Å². The number of aryl methyl sites for hydroxylation is 2. The number of imide groups is 1. The molecule has 5 aromatic rings. The van der Waals surface area contributed by atoms with E-state index >= 15 is 0 Å². The number of esters is 2. The quantitative estimate of drug-likeness (QED) is 0.0255. The van der Waals surface area contributed by atoms with Crippen molar-refractivity contribution >= 4 is 64.7 Å². The van der Waals surface area contributed by atoms with Gasteiger partial charge in [0.2, 0.25) is 11.8 Å². The largest absolute Gasteiger partial charge is 0.497 e. The van der Waals surface area contributed by atoms with Crippen LogP contribution in [0.1, 0.15) is 76.9 Å².